The van der Waals surface area contributed by atoms with Crippen molar-refractivity contribution in [2.24, 2.45) is 0 Å². The Labute approximate surface area is 163 Å². The highest BCUT2D eigenvalue weighted by Crippen LogP contribution is 2.44. The summed E-state index contributed by atoms with van der Waals surface area (Å²) in [6.45, 7) is 2.61. The van der Waals surface area contributed by atoms with E-state index < -0.39 is 18.4 Å². The van der Waals surface area contributed by atoms with Crippen LogP contribution in [0.2, 0.25) is 20.1 Å². The highest BCUT2D eigenvalue weighted by Gasteiger charge is 2.42. The lowest BCUT2D eigenvalue weighted by Gasteiger charge is -2.32. The quantitative estimate of drug-likeness (QED) is 0.414. The van der Waals surface area contributed by atoms with E-state index in [1.54, 1.807) is 4.90 Å². The SMILES string of the molecule is CC1CN(C(=O)CN2C(=O)c3c(Cl)c(Cl)c(Cl)c(Cl)c3C2=O)CCO1. The lowest BCUT2D eigenvalue weighted by molar-refractivity contribution is -0.138. The van der Waals surface area contributed by atoms with Gasteiger partial charge in [0, 0.05) is 13.1 Å². The monoisotopic (exact) mass is 424 g/mol. The molecule has 134 valence electrons. The van der Waals surface area contributed by atoms with Crippen molar-refractivity contribution in [2.75, 3.05) is 26.2 Å². The molecule has 6 nitrogen and oxygen atoms in total. The van der Waals surface area contributed by atoms with E-state index in [9.17, 15) is 14.4 Å². The summed E-state index contributed by atoms with van der Waals surface area (Å²) >= 11 is 24.0. The van der Waals surface area contributed by atoms with E-state index in [-0.39, 0.29) is 43.2 Å². The van der Waals surface area contributed by atoms with Crippen LogP contribution in [0, 0.1) is 0 Å². The molecule has 25 heavy (non-hydrogen) atoms. The molecule has 0 aliphatic carbocycles. The molecule has 1 fully saturated rings. The van der Waals surface area contributed by atoms with Crippen LogP contribution in [0.3, 0.4) is 0 Å². The molecule has 0 N–H and O–H groups in total. The summed E-state index contributed by atoms with van der Waals surface area (Å²) in [5.41, 5.74) is -0.261. The van der Waals surface area contributed by atoms with Gasteiger partial charge in [0.15, 0.2) is 0 Å². The van der Waals surface area contributed by atoms with Crippen LogP contribution in [0.5, 0.6) is 0 Å². The molecular formula is C15H12Cl4N2O4. The lowest BCUT2D eigenvalue weighted by atomic mass is 10.1. The molecule has 1 aromatic rings. The standard InChI is InChI=1S/C15H12Cl4N2O4/c1-6-4-20(2-3-25-6)7(22)5-21-14(23)8-9(15(21)24)11(17)13(19)12(18)10(8)16/h6H,2-5H2,1H3. The van der Waals surface area contributed by atoms with E-state index in [0.29, 0.717) is 19.7 Å². The third kappa shape index (κ3) is 3.11. The Hall–Kier alpha value is -1.05. The summed E-state index contributed by atoms with van der Waals surface area (Å²) in [7, 11) is 0. The number of rotatable bonds is 2. The van der Waals surface area contributed by atoms with Crippen LogP contribution < -0.4 is 0 Å². The summed E-state index contributed by atoms with van der Waals surface area (Å²) < 4.78 is 5.37. The van der Waals surface area contributed by atoms with Crippen molar-refractivity contribution in [3.05, 3.63) is 31.2 Å². The first-order chi connectivity index (χ1) is 11.7. The second-order valence-electron chi connectivity index (χ2n) is 5.72. The minimum absolute atomic E-state index is 0.108. The fourth-order valence-corrected chi connectivity index (χ4v) is 3.83. The van der Waals surface area contributed by atoms with Crippen LogP contribution in [0.15, 0.2) is 0 Å². The first-order valence-corrected chi connectivity index (χ1v) is 8.86. The van der Waals surface area contributed by atoms with Gasteiger partial charge in [0.1, 0.15) is 6.54 Å². The molecule has 0 bridgehead atoms. The van der Waals surface area contributed by atoms with Crippen LogP contribution in [-0.2, 0) is 9.53 Å². The summed E-state index contributed by atoms with van der Waals surface area (Å²) in [6.07, 6.45) is -0.110. The molecule has 2 heterocycles. The van der Waals surface area contributed by atoms with Crippen molar-refractivity contribution in [3.63, 3.8) is 0 Å². The Morgan fingerprint density at radius 2 is 1.56 bits per heavy atom. The minimum Gasteiger partial charge on any atom is -0.375 e. The number of carbonyl (C=O) groups is 3. The van der Waals surface area contributed by atoms with Crippen molar-refractivity contribution in [3.8, 4) is 0 Å². The van der Waals surface area contributed by atoms with E-state index >= 15 is 0 Å². The van der Waals surface area contributed by atoms with Crippen molar-refractivity contribution in [1.82, 2.24) is 9.80 Å². The van der Waals surface area contributed by atoms with Crippen LogP contribution in [-0.4, -0.2) is 59.9 Å². The first kappa shape index (κ1) is 18.7. The van der Waals surface area contributed by atoms with E-state index in [1.807, 2.05) is 6.92 Å². The Bertz CT molecular complexity index is 751. The zero-order valence-electron chi connectivity index (χ0n) is 12.9. The molecule has 0 spiro atoms. The zero-order chi connectivity index (χ0) is 18.5. The van der Waals surface area contributed by atoms with Crippen LogP contribution in [0.4, 0.5) is 0 Å². The number of imide groups is 1. The number of hydrogen-bond donors (Lipinski definition) is 0. The zero-order valence-corrected chi connectivity index (χ0v) is 16.0. The van der Waals surface area contributed by atoms with Crippen molar-refractivity contribution in [2.45, 2.75) is 13.0 Å². The summed E-state index contributed by atoms with van der Waals surface area (Å²) in [6, 6.07) is 0. The van der Waals surface area contributed by atoms with Gasteiger partial charge in [-0.15, -0.1) is 0 Å². The third-order valence-electron chi connectivity index (χ3n) is 4.07. The van der Waals surface area contributed by atoms with Gasteiger partial charge in [0.05, 0.1) is 43.9 Å². The predicted molar refractivity (Wildman–Crippen MR) is 93.8 cm³/mol. The second-order valence-corrected chi connectivity index (χ2v) is 7.24. The molecule has 2 aliphatic rings. The van der Waals surface area contributed by atoms with E-state index in [0.717, 1.165) is 4.90 Å². The summed E-state index contributed by atoms with van der Waals surface area (Å²) in [5, 5.41) is -0.523. The minimum atomic E-state index is -0.722. The van der Waals surface area contributed by atoms with Crippen molar-refractivity contribution < 1.29 is 19.1 Å². The molecule has 0 saturated carbocycles. The van der Waals surface area contributed by atoms with Gasteiger partial charge in [-0.05, 0) is 6.92 Å². The summed E-state index contributed by atoms with van der Waals surface area (Å²) in [4.78, 5) is 40.0. The second kappa shape index (κ2) is 6.93. The Morgan fingerprint density at radius 1 is 1.04 bits per heavy atom. The van der Waals surface area contributed by atoms with E-state index in [4.69, 9.17) is 51.1 Å². The number of morpholine rings is 1. The van der Waals surface area contributed by atoms with Gasteiger partial charge in [-0.2, -0.15) is 0 Å². The van der Waals surface area contributed by atoms with Gasteiger partial charge < -0.3 is 9.64 Å². The number of benzene rings is 1. The highest BCUT2D eigenvalue weighted by molar-refractivity contribution is 6.55. The lowest BCUT2D eigenvalue weighted by Crippen LogP contribution is -2.49. The molecule has 1 saturated heterocycles. The number of nitrogens with zero attached hydrogens (tertiary/aromatic N) is 2. The van der Waals surface area contributed by atoms with Gasteiger partial charge in [0.2, 0.25) is 5.91 Å². The maximum absolute atomic E-state index is 12.6. The molecule has 2 aliphatic heterocycles. The normalized spacial score (nSPS) is 20.3. The Morgan fingerprint density at radius 3 is 2.04 bits per heavy atom. The maximum atomic E-state index is 12.6. The number of carbonyl (C=O) groups excluding carboxylic acids is 3. The predicted octanol–water partition coefficient (Wildman–Crippen LogP) is 3.14. The van der Waals surface area contributed by atoms with Gasteiger partial charge >= 0.3 is 0 Å². The molecule has 0 aromatic heterocycles. The van der Waals surface area contributed by atoms with Crippen molar-refractivity contribution >= 4 is 64.1 Å². The van der Waals surface area contributed by atoms with Crippen LogP contribution >= 0.6 is 46.4 Å². The van der Waals surface area contributed by atoms with Gasteiger partial charge in [-0.25, -0.2) is 0 Å². The van der Waals surface area contributed by atoms with Crippen molar-refractivity contribution in [1.29, 1.82) is 0 Å². The number of hydrogen-bond acceptors (Lipinski definition) is 4. The number of ether oxygens (including phenoxy) is 1. The maximum Gasteiger partial charge on any atom is 0.263 e. The number of amides is 3. The first-order valence-electron chi connectivity index (χ1n) is 7.35. The number of halogens is 4. The smallest absolute Gasteiger partial charge is 0.263 e. The van der Waals surface area contributed by atoms with Crippen LogP contribution in [0.1, 0.15) is 27.6 Å². The number of fused-ring (bicyclic) bond motifs is 1. The molecular weight excluding hydrogens is 414 g/mol. The van der Waals surface area contributed by atoms with E-state index in [2.05, 4.69) is 0 Å². The average Bonchev–Trinajstić information content (AvgIpc) is 2.82. The van der Waals surface area contributed by atoms with Gasteiger partial charge in [0.25, 0.3) is 11.8 Å². The molecule has 1 aromatic carbocycles. The molecule has 3 rings (SSSR count). The Balaban J connectivity index is 1.89. The average molecular weight is 426 g/mol. The topological polar surface area (TPSA) is 66.9 Å². The van der Waals surface area contributed by atoms with Crippen LogP contribution in [0.25, 0.3) is 0 Å². The molecule has 0 radical (unpaired) electrons. The molecule has 1 unspecified atom stereocenters. The van der Waals surface area contributed by atoms with Gasteiger partial charge in [-0.3, -0.25) is 19.3 Å². The molecule has 3 amide bonds. The highest BCUT2D eigenvalue weighted by atomic mass is 35.5. The summed E-state index contributed by atoms with van der Waals surface area (Å²) in [5.74, 6) is -1.81. The largest absolute Gasteiger partial charge is 0.375 e. The third-order valence-corrected chi connectivity index (χ3v) is 5.87. The fourth-order valence-electron chi connectivity index (χ4n) is 2.82. The molecule has 1 atom stereocenters. The van der Waals surface area contributed by atoms with E-state index in [1.165, 1.54) is 0 Å². The molecule has 10 heteroatoms. The Kier molecular flexibility index (Phi) is 5.19. The fraction of sp³-hybridized carbons (Fsp3) is 0.400. The van der Waals surface area contributed by atoms with Gasteiger partial charge in [-0.1, -0.05) is 46.4 Å².